The number of nitrogens with zero attached hydrogens (tertiary/aromatic N) is 1. The minimum absolute atomic E-state index is 0.160. The zero-order chi connectivity index (χ0) is 21.7. The van der Waals surface area contributed by atoms with Crippen LogP contribution in [0.3, 0.4) is 0 Å². The van der Waals surface area contributed by atoms with E-state index in [2.05, 4.69) is 0 Å². The minimum Gasteiger partial charge on any atom is -0.474 e. The Bertz CT molecular complexity index is 896. The monoisotopic (exact) mass is 441 g/mol. The Balaban J connectivity index is 1.77. The van der Waals surface area contributed by atoms with Gasteiger partial charge in [-0.05, 0) is 43.2 Å². The van der Waals surface area contributed by atoms with Crippen LogP contribution < -0.4 is 4.74 Å². The van der Waals surface area contributed by atoms with E-state index in [1.165, 1.54) is 36.4 Å². The minimum atomic E-state index is -4.56. The topological polar surface area (TPSA) is 55.8 Å². The summed E-state index contributed by atoms with van der Waals surface area (Å²) in [6.07, 6.45) is -4.13. The fourth-order valence-corrected chi connectivity index (χ4v) is 3.16. The maximum atomic E-state index is 13.0. The molecule has 0 aromatic heterocycles. The number of rotatable bonds is 6. The van der Waals surface area contributed by atoms with E-state index in [4.69, 9.17) is 21.1 Å². The van der Waals surface area contributed by atoms with E-state index >= 15 is 0 Å². The van der Waals surface area contributed by atoms with Gasteiger partial charge in [-0.25, -0.2) is 4.79 Å². The lowest BCUT2D eigenvalue weighted by molar-refractivity contribution is -0.158. The lowest BCUT2D eigenvalue weighted by Gasteiger charge is -2.20. The van der Waals surface area contributed by atoms with Crippen LogP contribution in [0.1, 0.15) is 30.1 Å². The van der Waals surface area contributed by atoms with Crippen molar-refractivity contribution in [3.05, 3.63) is 64.7 Å². The molecule has 1 aliphatic rings. The molecule has 0 radical (unpaired) electrons. The smallest absolute Gasteiger partial charge is 0.416 e. The Morgan fingerprint density at radius 1 is 1.07 bits per heavy atom. The molecule has 0 aliphatic carbocycles. The Labute approximate surface area is 176 Å². The van der Waals surface area contributed by atoms with Gasteiger partial charge in [0.05, 0.1) is 5.56 Å². The summed E-state index contributed by atoms with van der Waals surface area (Å²) in [6, 6.07) is 10.2. The maximum absolute atomic E-state index is 13.0. The summed E-state index contributed by atoms with van der Waals surface area (Å²) in [6.45, 7) is 0.754. The van der Waals surface area contributed by atoms with Crippen molar-refractivity contribution in [3.8, 4) is 5.75 Å². The number of hydrogen-bond donors (Lipinski definition) is 0. The molecule has 1 amide bonds. The van der Waals surface area contributed by atoms with Gasteiger partial charge in [0.15, 0.2) is 6.61 Å². The molecule has 2 aromatic rings. The number of esters is 1. The average Bonchev–Trinajstić information content (AvgIpc) is 3.25. The second-order valence-electron chi connectivity index (χ2n) is 6.77. The van der Waals surface area contributed by atoms with Gasteiger partial charge in [0.1, 0.15) is 5.75 Å². The van der Waals surface area contributed by atoms with Crippen LogP contribution in [0.15, 0.2) is 48.5 Å². The summed E-state index contributed by atoms with van der Waals surface area (Å²) in [7, 11) is 0. The fraction of sp³-hybridized carbons (Fsp3) is 0.333. The van der Waals surface area contributed by atoms with Crippen molar-refractivity contribution in [1.29, 1.82) is 0 Å². The Morgan fingerprint density at radius 2 is 1.73 bits per heavy atom. The summed E-state index contributed by atoms with van der Waals surface area (Å²) in [5.41, 5.74) is -0.581. The molecule has 0 unspecified atom stereocenters. The van der Waals surface area contributed by atoms with Gasteiger partial charge >= 0.3 is 12.1 Å². The van der Waals surface area contributed by atoms with Crippen LogP contribution in [0.25, 0.3) is 0 Å². The lowest BCUT2D eigenvalue weighted by atomic mass is 10.1. The van der Waals surface area contributed by atoms with Gasteiger partial charge in [-0.1, -0.05) is 29.8 Å². The highest BCUT2D eigenvalue weighted by Crippen LogP contribution is 2.33. The maximum Gasteiger partial charge on any atom is 0.416 e. The number of amides is 1. The van der Waals surface area contributed by atoms with Crippen LogP contribution in [0.2, 0.25) is 5.02 Å². The zero-order valence-electron chi connectivity index (χ0n) is 15.8. The molecule has 3 rings (SSSR count). The Hall–Kier alpha value is -2.74. The van der Waals surface area contributed by atoms with Gasteiger partial charge in [0.2, 0.25) is 6.10 Å². The van der Waals surface area contributed by atoms with Crippen molar-refractivity contribution in [3.63, 3.8) is 0 Å². The second-order valence-corrected chi connectivity index (χ2v) is 7.21. The third-order valence-electron chi connectivity index (χ3n) is 4.60. The van der Waals surface area contributed by atoms with Crippen molar-refractivity contribution in [2.75, 3.05) is 19.7 Å². The normalized spacial score (nSPS) is 15.0. The van der Waals surface area contributed by atoms with Crippen molar-refractivity contribution in [1.82, 2.24) is 4.90 Å². The van der Waals surface area contributed by atoms with Gasteiger partial charge in [-0.2, -0.15) is 13.2 Å². The van der Waals surface area contributed by atoms with E-state index < -0.39 is 30.4 Å². The van der Waals surface area contributed by atoms with E-state index in [-0.39, 0.29) is 11.7 Å². The van der Waals surface area contributed by atoms with Crippen LogP contribution in [-0.2, 0) is 20.5 Å². The summed E-state index contributed by atoms with van der Waals surface area (Å²) in [4.78, 5) is 26.4. The molecule has 1 saturated heterocycles. The first-order valence-corrected chi connectivity index (χ1v) is 9.65. The third kappa shape index (κ3) is 5.66. The van der Waals surface area contributed by atoms with Crippen LogP contribution >= 0.6 is 11.6 Å². The van der Waals surface area contributed by atoms with E-state index in [0.717, 1.165) is 25.0 Å². The van der Waals surface area contributed by atoms with Gasteiger partial charge in [-0.3, -0.25) is 4.79 Å². The Morgan fingerprint density at radius 3 is 2.37 bits per heavy atom. The molecule has 0 bridgehead atoms. The molecule has 0 saturated carbocycles. The highest BCUT2D eigenvalue weighted by Gasteiger charge is 2.32. The van der Waals surface area contributed by atoms with E-state index in [0.29, 0.717) is 23.7 Å². The van der Waals surface area contributed by atoms with Crippen LogP contribution in [0.5, 0.6) is 5.75 Å². The molecular weight excluding hydrogens is 423 g/mol. The van der Waals surface area contributed by atoms with E-state index in [1.54, 1.807) is 4.90 Å². The molecule has 0 spiro atoms. The fourth-order valence-electron chi connectivity index (χ4n) is 3.04. The number of carbonyl (C=O) groups is 2. The number of halogens is 4. The number of alkyl halides is 3. The first-order valence-electron chi connectivity index (χ1n) is 9.28. The summed E-state index contributed by atoms with van der Waals surface area (Å²) in [5.74, 6) is -1.37. The highest BCUT2D eigenvalue weighted by molar-refractivity contribution is 6.30. The molecule has 5 nitrogen and oxygen atoms in total. The van der Waals surface area contributed by atoms with Crippen molar-refractivity contribution < 1.29 is 32.2 Å². The molecule has 2 aromatic carbocycles. The number of likely N-dealkylation sites (tertiary alicyclic amines) is 1. The van der Waals surface area contributed by atoms with E-state index in [9.17, 15) is 22.8 Å². The van der Waals surface area contributed by atoms with Crippen molar-refractivity contribution in [2.24, 2.45) is 0 Å². The molecule has 160 valence electrons. The van der Waals surface area contributed by atoms with Crippen LogP contribution in [0, 0.1) is 0 Å². The highest BCUT2D eigenvalue weighted by atomic mass is 35.5. The van der Waals surface area contributed by atoms with Crippen molar-refractivity contribution in [2.45, 2.75) is 25.1 Å². The lowest BCUT2D eigenvalue weighted by Crippen LogP contribution is -2.33. The molecule has 1 fully saturated rings. The molecule has 1 heterocycles. The first kappa shape index (κ1) is 22.0. The average molecular weight is 442 g/mol. The van der Waals surface area contributed by atoms with Crippen LogP contribution in [0.4, 0.5) is 13.2 Å². The molecular formula is C21H19ClF3NO4. The predicted molar refractivity (Wildman–Crippen MR) is 103 cm³/mol. The molecule has 1 atom stereocenters. The molecule has 1 aliphatic heterocycles. The second kappa shape index (κ2) is 9.38. The van der Waals surface area contributed by atoms with Gasteiger partial charge in [0.25, 0.3) is 5.91 Å². The van der Waals surface area contributed by atoms with E-state index in [1.807, 2.05) is 0 Å². The van der Waals surface area contributed by atoms with Crippen molar-refractivity contribution >= 4 is 23.5 Å². The van der Waals surface area contributed by atoms with Gasteiger partial charge in [-0.15, -0.1) is 0 Å². The summed E-state index contributed by atoms with van der Waals surface area (Å²) < 4.78 is 49.6. The quantitative estimate of drug-likeness (QED) is 0.613. The van der Waals surface area contributed by atoms with Gasteiger partial charge < -0.3 is 14.4 Å². The Kier molecular flexibility index (Phi) is 6.87. The summed E-state index contributed by atoms with van der Waals surface area (Å²) >= 11 is 5.87. The predicted octanol–water partition coefficient (Wildman–Crippen LogP) is 4.64. The number of ether oxygens (including phenoxy) is 2. The standard InChI is InChI=1S/C21H19ClF3NO4/c22-16-8-6-14(7-9-16)19(20(28)29-13-18(27)26-10-1-2-11-26)30-17-5-3-4-15(12-17)21(23,24)25/h3-9,12,19H,1-2,10-11,13H2/t19-/m1/s1. The number of carbonyl (C=O) groups excluding carboxylic acids is 2. The molecule has 9 heteroatoms. The third-order valence-corrected chi connectivity index (χ3v) is 4.85. The zero-order valence-corrected chi connectivity index (χ0v) is 16.6. The van der Waals surface area contributed by atoms with Crippen LogP contribution in [-0.4, -0.2) is 36.5 Å². The summed E-state index contributed by atoms with van der Waals surface area (Å²) in [5, 5.41) is 0.411. The molecule has 30 heavy (non-hydrogen) atoms. The molecule has 0 N–H and O–H groups in total. The first-order chi connectivity index (χ1) is 14.2. The number of hydrogen-bond acceptors (Lipinski definition) is 4. The SMILES string of the molecule is O=C(OCC(=O)N1CCCC1)[C@H](Oc1cccc(C(F)(F)F)c1)c1ccc(Cl)cc1. The number of benzene rings is 2. The largest absolute Gasteiger partial charge is 0.474 e. The van der Waals surface area contributed by atoms with Gasteiger partial charge in [0, 0.05) is 23.7 Å².